The third-order valence-electron chi connectivity index (χ3n) is 5.35. The van der Waals surface area contributed by atoms with Crippen molar-refractivity contribution in [3.05, 3.63) is 78.4 Å². The summed E-state index contributed by atoms with van der Waals surface area (Å²) in [5, 5.41) is 2.85. The number of ether oxygens (including phenoxy) is 2. The van der Waals surface area contributed by atoms with Gasteiger partial charge in [-0.1, -0.05) is 12.1 Å². The molecule has 0 spiro atoms. The Balaban J connectivity index is 1.40. The van der Waals surface area contributed by atoms with E-state index < -0.39 is 10.0 Å². The van der Waals surface area contributed by atoms with Crippen LogP contribution in [0, 0.1) is 0 Å². The Morgan fingerprint density at radius 2 is 1.74 bits per heavy atom. The fourth-order valence-corrected chi connectivity index (χ4v) is 5.71. The molecular weight excluding hydrogens is 472 g/mol. The molecule has 3 aromatic rings. The maximum Gasteiger partial charge on any atom is 0.261 e. The van der Waals surface area contributed by atoms with Crippen molar-refractivity contribution >= 4 is 39.1 Å². The highest BCUT2D eigenvalue weighted by Crippen LogP contribution is 2.28. The highest BCUT2D eigenvalue weighted by molar-refractivity contribution is 7.99. The first-order chi connectivity index (χ1) is 16.4. The largest absolute Gasteiger partial charge is 0.497 e. The van der Waals surface area contributed by atoms with E-state index in [1.807, 2.05) is 18.2 Å². The Labute approximate surface area is 203 Å². The third kappa shape index (κ3) is 6.11. The van der Waals surface area contributed by atoms with Crippen molar-refractivity contribution < 1.29 is 22.7 Å². The number of thioether (sulfide) groups is 1. The molecule has 3 aromatic carbocycles. The third-order valence-corrected chi connectivity index (χ3v) is 7.95. The predicted octanol–water partition coefficient (Wildman–Crippen LogP) is 5.02. The molecule has 1 fully saturated rings. The standard InChI is InChI=1S/C25H26N2O5S2/c1-31-20-12-8-19(9-13-20)27-34(29,30)22-14-10-18(11-15-22)26-25(28)23-6-2-3-7-24(23)33-17-21-5-4-16-32-21/h2-3,6-15,21,27H,4-5,16-17H2,1H3,(H,26,28). The van der Waals surface area contributed by atoms with Crippen LogP contribution in [-0.2, 0) is 14.8 Å². The lowest BCUT2D eigenvalue weighted by molar-refractivity contribution is 0.102. The summed E-state index contributed by atoms with van der Waals surface area (Å²) < 4.78 is 38.7. The molecule has 178 valence electrons. The molecule has 0 aliphatic carbocycles. The van der Waals surface area contributed by atoms with Gasteiger partial charge in [0, 0.05) is 28.6 Å². The van der Waals surface area contributed by atoms with E-state index in [0.29, 0.717) is 22.7 Å². The Bertz CT molecular complexity index is 1220. The number of anilines is 2. The second kappa shape index (κ2) is 10.9. The van der Waals surface area contributed by atoms with Crippen molar-refractivity contribution in [2.24, 2.45) is 0 Å². The zero-order valence-corrected chi connectivity index (χ0v) is 20.3. The van der Waals surface area contributed by atoms with Crippen LogP contribution in [-0.4, -0.2) is 39.9 Å². The van der Waals surface area contributed by atoms with Crippen molar-refractivity contribution in [3.8, 4) is 5.75 Å². The fraction of sp³-hybridized carbons (Fsp3) is 0.240. The first-order valence-electron chi connectivity index (χ1n) is 10.9. The maximum absolute atomic E-state index is 12.9. The Morgan fingerprint density at radius 1 is 1.03 bits per heavy atom. The van der Waals surface area contributed by atoms with Crippen LogP contribution < -0.4 is 14.8 Å². The summed E-state index contributed by atoms with van der Waals surface area (Å²) in [6.45, 7) is 0.800. The molecule has 0 saturated carbocycles. The van der Waals surface area contributed by atoms with Gasteiger partial charge in [0.2, 0.25) is 0 Å². The van der Waals surface area contributed by atoms with Gasteiger partial charge in [0.25, 0.3) is 15.9 Å². The molecule has 1 heterocycles. The van der Waals surface area contributed by atoms with E-state index >= 15 is 0 Å². The van der Waals surface area contributed by atoms with Gasteiger partial charge in [-0.2, -0.15) is 0 Å². The molecule has 1 aliphatic rings. The molecule has 2 N–H and O–H groups in total. The van der Waals surface area contributed by atoms with Gasteiger partial charge in [0.1, 0.15) is 5.75 Å². The van der Waals surface area contributed by atoms with Gasteiger partial charge in [-0.3, -0.25) is 9.52 Å². The highest BCUT2D eigenvalue weighted by Gasteiger charge is 2.19. The zero-order valence-electron chi connectivity index (χ0n) is 18.7. The van der Waals surface area contributed by atoms with Crippen LogP contribution in [0.1, 0.15) is 23.2 Å². The summed E-state index contributed by atoms with van der Waals surface area (Å²) >= 11 is 1.61. The smallest absolute Gasteiger partial charge is 0.261 e. The Morgan fingerprint density at radius 3 is 2.41 bits per heavy atom. The van der Waals surface area contributed by atoms with E-state index in [1.165, 1.54) is 12.1 Å². The number of rotatable bonds is 9. The minimum atomic E-state index is -3.77. The molecule has 1 aliphatic heterocycles. The van der Waals surface area contributed by atoms with E-state index in [1.54, 1.807) is 61.3 Å². The van der Waals surface area contributed by atoms with Crippen LogP contribution in [0.25, 0.3) is 0 Å². The van der Waals surface area contributed by atoms with Crippen LogP contribution in [0.2, 0.25) is 0 Å². The van der Waals surface area contributed by atoms with Crippen LogP contribution in [0.15, 0.2) is 82.6 Å². The van der Waals surface area contributed by atoms with Gasteiger partial charge >= 0.3 is 0 Å². The molecule has 1 amide bonds. The van der Waals surface area contributed by atoms with Gasteiger partial charge in [0.15, 0.2) is 0 Å². The van der Waals surface area contributed by atoms with Gasteiger partial charge in [-0.25, -0.2) is 8.42 Å². The highest BCUT2D eigenvalue weighted by atomic mass is 32.2. The molecular formula is C25H26N2O5S2. The molecule has 7 nitrogen and oxygen atoms in total. The van der Waals surface area contributed by atoms with Crippen molar-refractivity contribution in [2.45, 2.75) is 28.7 Å². The van der Waals surface area contributed by atoms with E-state index in [4.69, 9.17) is 9.47 Å². The molecule has 1 unspecified atom stereocenters. The van der Waals surface area contributed by atoms with Crippen molar-refractivity contribution in [3.63, 3.8) is 0 Å². The lowest BCUT2D eigenvalue weighted by atomic mass is 10.2. The first kappa shape index (κ1) is 24.1. The van der Waals surface area contributed by atoms with Crippen molar-refractivity contribution in [2.75, 3.05) is 29.5 Å². The Hall–Kier alpha value is -3.01. The SMILES string of the molecule is COc1ccc(NS(=O)(=O)c2ccc(NC(=O)c3ccccc3SCC3CCCO3)cc2)cc1. The number of benzene rings is 3. The number of carbonyl (C=O) groups is 1. The normalized spacial score (nSPS) is 15.6. The minimum Gasteiger partial charge on any atom is -0.497 e. The molecule has 1 saturated heterocycles. The average Bonchev–Trinajstić information content (AvgIpc) is 3.37. The zero-order chi connectivity index (χ0) is 24.0. The van der Waals surface area contributed by atoms with Crippen LogP contribution in [0.5, 0.6) is 5.75 Å². The van der Waals surface area contributed by atoms with Gasteiger partial charge in [0.05, 0.1) is 23.7 Å². The van der Waals surface area contributed by atoms with Gasteiger partial charge < -0.3 is 14.8 Å². The summed E-state index contributed by atoms with van der Waals surface area (Å²) in [5.41, 5.74) is 1.51. The average molecular weight is 499 g/mol. The Kier molecular flexibility index (Phi) is 7.77. The van der Waals surface area contributed by atoms with Gasteiger partial charge in [-0.15, -0.1) is 11.8 Å². The molecule has 9 heteroatoms. The number of carbonyl (C=O) groups excluding carboxylic acids is 1. The van der Waals surface area contributed by atoms with E-state index in [-0.39, 0.29) is 16.9 Å². The molecule has 0 bridgehead atoms. The lowest BCUT2D eigenvalue weighted by Gasteiger charge is -2.13. The number of sulfonamides is 1. The summed E-state index contributed by atoms with van der Waals surface area (Å²) in [4.78, 5) is 13.9. The van der Waals surface area contributed by atoms with Gasteiger partial charge in [-0.05, 0) is 73.5 Å². The summed E-state index contributed by atoms with van der Waals surface area (Å²) in [5.74, 6) is 1.19. The summed E-state index contributed by atoms with van der Waals surface area (Å²) in [6, 6.07) is 20.1. The quantitative estimate of drug-likeness (QED) is 0.403. The number of nitrogens with one attached hydrogen (secondary N) is 2. The number of hydrogen-bond acceptors (Lipinski definition) is 6. The molecule has 1 atom stereocenters. The topological polar surface area (TPSA) is 93.7 Å². The number of hydrogen-bond donors (Lipinski definition) is 2. The second-order valence-corrected chi connectivity index (χ2v) is 10.5. The lowest BCUT2D eigenvalue weighted by Crippen LogP contribution is -2.15. The van der Waals surface area contributed by atoms with E-state index in [9.17, 15) is 13.2 Å². The van der Waals surface area contributed by atoms with E-state index in [0.717, 1.165) is 30.1 Å². The monoisotopic (exact) mass is 498 g/mol. The van der Waals surface area contributed by atoms with Crippen LogP contribution in [0.4, 0.5) is 11.4 Å². The number of methoxy groups -OCH3 is 1. The van der Waals surface area contributed by atoms with Crippen molar-refractivity contribution in [1.82, 2.24) is 0 Å². The first-order valence-corrected chi connectivity index (χ1v) is 13.3. The predicted molar refractivity (Wildman–Crippen MR) is 134 cm³/mol. The van der Waals surface area contributed by atoms with E-state index in [2.05, 4.69) is 10.0 Å². The molecule has 0 radical (unpaired) electrons. The maximum atomic E-state index is 12.9. The summed E-state index contributed by atoms with van der Waals surface area (Å²) in [7, 11) is -2.23. The minimum absolute atomic E-state index is 0.0915. The second-order valence-electron chi connectivity index (χ2n) is 7.75. The number of amides is 1. The van der Waals surface area contributed by atoms with Crippen LogP contribution in [0.3, 0.4) is 0 Å². The molecule has 0 aromatic heterocycles. The van der Waals surface area contributed by atoms with Crippen LogP contribution >= 0.6 is 11.8 Å². The molecule has 4 rings (SSSR count). The fourth-order valence-electron chi connectivity index (χ4n) is 3.53. The van der Waals surface area contributed by atoms with Crippen molar-refractivity contribution in [1.29, 1.82) is 0 Å². The molecule has 34 heavy (non-hydrogen) atoms. The summed E-state index contributed by atoms with van der Waals surface area (Å²) in [6.07, 6.45) is 2.35.